The molecule has 3 aromatic carbocycles. The van der Waals surface area contributed by atoms with Crippen LogP contribution in [0.5, 0.6) is 0 Å². The number of halogens is 3. The van der Waals surface area contributed by atoms with Crippen LogP contribution in [0.3, 0.4) is 0 Å². The molecular formula is C28H31F3N2O. The molecular weight excluding hydrogens is 437 g/mol. The second-order valence-electron chi connectivity index (χ2n) is 8.78. The van der Waals surface area contributed by atoms with Crippen molar-refractivity contribution in [2.45, 2.75) is 18.7 Å². The molecule has 3 aromatic rings. The summed E-state index contributed by atoms with van der Waals surface area (Å²) in [6, 6.07) is 22.2. The van der Waals surface area contributed by atoms with Crippen molar-refractivity contribution in [2.24, 2.45) is 0 Å². The normalized spacial score (nSPS) is 16.1. The zero-order valence-corrected chi connectivity index (χ0v) is 19.3. The van der Waals surface area contributed by atoms with Gasteiger partial charge in [-0.3, -0.25) is 9.80 Å². The summed E-state index contributed by atoms with van der Waals surface area (Å²) in [6.45, 7) is 5.06. The average Bonchev–Trinajstić information content (AvgIpc) is 2.85. The zero-order valence-electron chi connectivity index (χ0n) is 19.3. The monoisotopic (exact) mass is 468 g/mol. The van der Waals surface area contributed by atoms with Crippen LogP contribution in [-0.4, -0.2) is 61.8 Å². The number of nitrogens with zero attached hydrogens (tertiary/aromatic N) is 2. The van der Waals surface area contributed by atoms with Gasteiger partial charge >= 0.3 is 0 Å². The molecule has 0 unspecified atom stereocenters. The highest BCUT2D eigenvalue weighted by atomic mass is 19.1. The van der Waals surface area contributed by atoms with E-state index in [1.165, 1.54) is 24.3 Å². The van der Waals surface area contributed by atoms with E-state index in [9.17, 15) is 13.2 Å². The van der Waals surface area contributed by atoms with Gasteiger partial charge in [-0.05, 0) is 41.0 Å². The quantitative estimate of drug-likeness (QED) is 0.403. The molecule has 0 amide bonds. The Bertz CT molecular complexity index is 945. The van der Waals surface area contributed by atoms with E-state index in [-0.39, 0.29) is 11.6 Å². The Morgan fingerprint density at radius 2 is 1.24 bits per heavy atom. The molecule has 1 fully saturated rings. The van der Waals surface area contributed by atoms with Crippen molar-refractivity contribution >= 4 is 0 Å². The van der Waals surface area contributed by atoms with Crippen LogP contribution in [0.25, 0.3) is 0 Å². The molecule has 1 saturated heterocycles. The van der Waals surface area contributed by atoms with E-state index >= 15 is 0 Å². The van der Waals surface area contributed by atoms with E-state index in [0.29, 0.717) is 19.6 Å². The van der Waals surface area contributed by atoms with Crippen molar-refractivity contribution in [3.63, 3.8) is 0 Å². The van der Waals surface area contributed by atoms with Gasteiger partial charge < -0.3 is 4.74 Å². The first-order valence-corrected chi connectivity index (χ1v) is 11.8. The van der Waals surface area contributed by atoms with E-state index in [0.717, 1.165) is 49.4 Å². The second-order valence-corrected chi connectivity index (χ2v) is 8.78. The first-order chi connectivity index (χ1) is 16.6. The standard InChI is InChI=1S/C28H31F3N2O/c29-25-10-6-23(7-11-25)28(24-8-12-26(30)13-9-24)34-19-18-32-14-16-33(17-15-32)21-27(31)20-22-4-2-1-3-5-22/h1-13,27-28H,14-21H2/t27-/m1/s1. The number of piperazine rings is 1. The lowest BCUT2D eigenvalue weighted by Gasteiger charge is -2.35. The molecule has 0 saturated carbocycles. The van der Waals surface area contributed by atoms with Gasteiger partial charge in [-0.2, -0.15) is 0 Å². The average molecular weight is 469 g/mol. The fourth-order valence-electron chi connectivity index (χ4n) is 4.37. The minimum atomic E-state index is -0.871. The van der Waals surface area contributed by atoms with Crippen molar-refractivity contribution < 1.29 is 17.9 Å². The molecule has 0 aliphatic carbocycles. The largest absolute Gasteiger partial charge is 0.367 e. The van der Waals surface area contributed by atoms with Gasteiger partial charge in [0.25, 0.3) is 0 Å². The number of ether oxygens (including phenoxy) is 1. The molecule has 0 bridgehead atoms. The van der Waals surface area contributed by atoms with E-state index < -0.39 is 12.3 Å². The van der Waals surface area contributed by atoms with Crippen LogP contribution in [0.1, 0.15) is 22.8 Å². The summed E-state index contributed by atoms with van der Waals surface area (Å²) >= 11 is 0. The smallest absolute Gasteiger partial charge is 0.123 e. The lowest BCUT2D eigenvalue weighted by molar-refractivity contribution is 0.0416. The maximum Gasteiger partial charge on any atom is 0.123 e. The summed E-state index contributed by atoms with van der Waals surface area (Å²) < 4.78 is 47.5. The number of rotatable bonds is 10. The maximum absolute atomic E-state index is 14.5. The van der Waals surface area contributed by atoms with E-state index in [1.807, 2.05) is 30.3 Å². The molecule has 34 heavy (non-hydrogen) atoms. The topological polar surface area (TPSA) is 15.7 Å². The van der Waals surface area contributed by atoms with Crippen molar-refractivity contribution in [1.29, 1.82) is 0 Å². The Labute approximate surface area is 199 Å². The predicted octanol–water partition coefficient (Wildman–Crippen LogP) is 5.27. The van der Waals surface area contributed by atoms with Crippen molar-refractivity contribution in [2.75, 3.05) is 45.9 Å². The fraction of sp³-hybridized carbons (Fsp3) is 0.357. The van der Waals surface area contributed by atoms with E-state index in [2.05, 4.69) is 9.80 Å². The first-order valence-electron chi connectivity index (χ1n) is 11.8. The highest BCUT2D eigenvalue weighted by molar-refractivity contribution is 5.30. The van der Waals surface area contributed by atoms with Crippen molar-refractivity contribution in [3.05, 3.63) is 107 Å². The van der Waals surface area contributed by atoms with Crippen molar-refractivity contribution in [1.82, 2.24) is 9.80 Å². The predicted molar refractivity (Wildman–Crippen MR) is 129 cm³/mol. The summed E-state index contributed by atoms with van der Waals surface area (Å²) in [5.74, 6) is -0.613. The summed E-state index contributed by atoms with van der Waals surface area (Å²) in [5, 5.41) is 0. The van der Waals surface area contributed by atoms with E-state index in [4.69, 9.17) is 4.74 Å². The van der Waals surface area contributed by atoms with Gasteiger partial charge in [-0.1, -0.05) is 54.6 Å². The van der Waals surface area contributed by atoms with Crippen LogP contribution >= 0.6 is 0 Å². The third-order valence-electron chi connectivity index (χ3n) is 6.26. The molecule has 6 heteroatoms. The molecule has 4 rings (SSSR count). The molecule has 3 nitrogen and oxygen atoms in total. The third kappa shape index (κ3) is 7.16. The van der Waals surface area contributed by atoms with Gasteiger partial charge in [0.05, 0.1) is 6.61 Å². The maximum atomic E-state index is 14.5. The second kappa shape index (κ2) is 12.2. The van der Waals surface area contributed by atoms with Crippen molar-refractivity contribution in [3.8, 4) is 0 Å². The third-order valence-corrected chi connectivity index (χ3v) is 6.26. The Hall–Kier alpha value is -2.67. The molecule has 1 aliphatic rings. The Morgan fingerprint density at radius 3 is 1.79 bits per heavy atom. The molecule has 1 heterocycles. The molecule has 1 aliphatic heterocycles. The molecule has 0 spiro atoms. The van der Waals surface area contributed by atoms with Gasteiger partial charge in [0.1, 0.15) is 23.9 Å². The number of alkyl halides is 1. The van der Waals surface area contributed by atoms with Gasteiger partial charge in [0, 0.05) is 45.7 Å². The SMILES string of the molecule is Fc1ccc(C(OCCN2CCN(C[C@H](F)Cc3ccccc3)CC2)c2ccc(F)cc2)cc1. The minimum Gasteiger partial charge on any atom is -0.367 e. The molecule has 180 valence electrons. The number of hydrogen-bond acceptors (Lipinski definition) is 3. The van der Waals surface area contributed by atoms with Gasteiger partial charge in [0.15, 0.2) is 0 Å². The summed E-state index contributed by atoms with van der Waals surface area (Å²) in [7, 11) is 0. The molecule has 1 atom stereocenters. The van der Waals surface area contributed by atoms with Crippen LogP contribution in [-0.2, 0) is 11.2 Å². The van der Waals surface area contributed by atoms with Crippen LogP contribution in [0.15, 0.2) is 78.9 Å². The molecule has 0 radical (unpaired) electrons. The molecule has 0 N–H and O–H groups in total. The Kier molecular flexibility index (Phi) is 8.74. The number of hydrogen-bond donors (Lipinski definition) is 0. The molecule has 0 aromatic heterocycles. The zero-order chi connectivity index (χ0) is 23.8. The summed E-state index contributed by atoms with van der Waals surface area (Å²) in [4.78, 5) is 4.50. The van der Waals surface area contributed by atoms with Crippen LogP contribution in [0.4, 0.5) is 13.2 Å². The Balaban J connectivity index is 1.24. The van der Waals surface area contributed by atoms with E-state index in [1.54, 1.807) is 24.3 Å². The lowest BCUT2D eigenvalue weighted by Crippen LogP contribution is -2.49. The number of benzene rings is 3. The lowest BCUT2D eigenvalue weighted by atomic mass is 10.0. The Morgan fingerprint density at radius 1 is 0.706 bits per heavy atom. The summed E-state index contributed by atoms with van der Waals surface area (Å²) in [6.07, 6.45) is -0.819. The highest BCUT2D eigenvalue weighted by Gasteiger charge is 2.21. The van der Waals surface area contributed by atoms with Gasteiger partial charge in [0.2, 0.25) is 0 Å². The fourth-order valence-corrected chi connectivity index (χ4v) is 4.37. The van der Waals surface area contributed by atoms with Crippen LogP contribution < -0.4 is 0 Å². The van der Waals surface area contributed by atoms with Gasteiger partial charge in [-0.15, -0.1) is 0 Å². The highest BCUT2D eigenvalue weighted by Crippen LogP contribution is 2.26. The van der Waals surface area contributed by atoms with Crippen LogP contribution in [0, 0.1) is 11.6 Å². The summed E-state index contributed by atoms with van der Waals surface area (Å²) in [5.41, 5.74) is 2.68. The minimum absolute atomic E-state index is 0.307. The van der Waals surface area contributed by atoms with Crippen LogP contribution in [0.2, 0.25) is 0 Å². The first kappa shape index (κ1) is 24.5. The van der Waals surface area contributed by atoms with Gasteiger partial charge in [-0.25, -0.2) is 13.2 Å².